The lowest BCUT2D eigenvalue weighted by Crippen LogP contribution is -2.30. The molecule has 1 aliphatic rings. The summed E-state index contributed by atoms with van der Waals surface area (Å²) in [6.07, 6.45) is 0.591. The van der Waals surface area contributed by atoms with E-state index < -0.39 is 28.4 Å². The highest BCUT2D eigenvalue weighted by atomic mass is 16.6. The second kappa shape index (κ2) is 8.86. The third-order valence-corrected chi connectivity index (χ3v) is 5.06. The van der Waals surface area contributed by atoms with Crippen LogP contribution in [0.4, 0.5) is 5.69 Å². The van der Waals surface area contributed by atoms with E-state index in [0.29, 0.717) is 23.5 Å². The van der Waals surface area contributed by atoms with Crippen molar-refractivity contribution in [3.63, 3.8) is 0 Å². The molecule has 1 aliphatic heterocycles. The van der Waals surface area contributed by atoms with Crippen LogP contribution < -0.4 is 9.47 Å². The van der Waals surface area contributed by atoms with Crippen LogP contribution in [0.25, 0.3) is 5.76 Å². The van der Waals surface area contributed by atoms with Crippen LogP contribution in [-0.4, -0.2) is 47.4 Å². The van der Waals surface area contributed by atoms with Gasteiger partial charge in [0.25, 0.3) is 17.4 Å². The van der Waals surface area contributed by atoms with Crippen LogP contribution >= 0.6 is 0 Å². The minimum Gasteiger partial charge on any atom is -0.507 e. The number of rotatable bonds is 7. The number of aliphatic hydroxyl groups excluding tert-OH is 1. The fraction of sp³-hybridized carbons (Fsp3) is 0.273. The molecule has 0 saturated carbocycles. The summed E-state index contributed by atoms with van der Waals surface area (Å²) < 4.78 is 10.6. The molecule has 1 saturated heterocycles. The van der Waals surface area contributed by atoms with E-state index in [4.69, 9.17) is 9.47 Å². The molecule has 0 bridgehead atoms. The molecular formula is C22H22N2O7. The van der Waals surface area contributed by atoms with E-state index in [1.54, 1.807) is 18.2 Å². The van der Waals surface area contributed by atoms with Gasteiger partial charge in [0.15, 0.2) is 11.5 Å². The topological polar surface area (TPSA) is 119 Å². The van der Waals surface area contributed by atoms with E-state index in [1.165, 1.54) is 37.3 Å². The van der Waals surface area contributed by atoms with Crippen LogP contribution in [-0.2, 0) is 9.59 Å². The van der Waals surface area contributed by atoms with Gasteiger partial charge in [-0.2, -0.15) is 0 Å². The second-order valence-electron chi connectivity index (χ2n) is 6.91. The highest BCUT2D eigenvalue weighted by Gasteiger charge is 2.46. The Kier molecular flexibility index (Phi) is 6.24. The predicted molar refractivity (Wildman–Crippen MR) is 112 cm³/mol. The number of ether oxygens (including phenoxy) is 2. The molecule has 3 rings (SSSR count). The van der Waals surface area contributed by atoms with E-state index >= 15 is 0 Å². The molecule has 0 aliphatic carbocycles. The van der Waals surface area contributed by atoms with E-state index in [0.717, 1.165) is 6.07 Å². The van der Waals surface area contributed by atoms with Crippen molar-refractivity contribution in [3.8, 4) is 11.5 Å². The van der Waals surface area contributed by atoms with Gasteiger partial charge in [-0.15, -0.1) is 0 Å². The van der Waals surface area contributed by atoms with Gasteiger partial charge in [0, 0.05) is 24.2 Å². The molecule has 9 heteroatoms. The number of nitro benzene ring substituents is 1. The Labute approximate surface area is 178 Å². The molecule has 0 radical (unpaired) electrons. The zero-order valence-electron chi connectivity index (χ0n) is 17.3. The van der Waals surface area contributed by atoms with Crippen molar-refractivity contribution in [2.24, 2.45) is 0 Å². The molecule has 1 fully saturated rings. The molecular weight excluding hydrogens is 404 g/mol. The number of nitro groups is 1. The van der Waals surface area contributed by atoms with Crippen molar-refractivity contribution in [3.05, 3.63) is 69.3 Å². The molecule has 162 valence electrons. The number of aliphatic hydroxyl groups is 1. The van der Waals surface area contributed by atoms with Gasteiger partial charge >= 0.3 is 0 Å². The predicted octanol–water partition coefficient (Wildman–Crippen LogP) is 3.44. The molecule has 2 aromatic carbocycles. The monoisotopic (exact) mass is 426 g/mol. The Morgan fingerprint density at radius 1 is 1.13 bits per heavy atom. The van der Waals surface area contributed by atoms with Gasteiger partial charge in [-0.05, 0) is 24.1 Å². The summed E-state index contributed by atoms with van der Waals surface area (Å²) in [4.78, 5) is 37.5. The average Bonchev–Trinajstić information content (AvgIpc) is 3.03. The van der Waals surface area contributed by atoms with Crippen LogP contribution in [0.1, 0.15) is 30.5 Å². The summed E-state index contributed by atoms with van der Waals surface area (Å²) in [7, 11) is 2.96. The van der Waals surface area contributed by atoms with Gasteiger partial charge in [0.2, 0.25) is 0 Å². The molecule has 1 unspecified atom stereocenters. The van der Waals surface area contributed by atoms with Crippen molar-refractivity contribution >= 4 is 23.1 Å². The zero-order chi connectivity index (χ0) is 22.7. The number of hydrogen-bond donors (Lipinski definition) is 1. The first-order valence-corrected chi connectivity index (χ1v) is 9.59. The average molecular weight is 426 g/mol. The summed E-state index contributed by atoms with van der Waals surface area (Å²) in [6, 6.07) is 9.38. The maximum Gasteiger partial charge on any atom is 0.295 e. The number of methoxy groups -OCH3 is 2. The van der Waals surface area contributed by atoms with Crippen molar-refractivity contribution < 1.29 is 29.1 Å². The first kappa shape index (κ1) is 21.8. The molecule has 1 amide bonds. The van der Waals surface area contributed by atoms with Gasteiger partial charge in [-0.1, -0.05) is 25.1 Å². The molecule has 9 nitrogen and oxygen atoms in total. The van der Waals surface area contributed by atoms with Crippen molar-refractivity contribution in [2.45, 2.75) is 19.4 Å². The summed E-state index contributed by atoms with van der Waals surface area (Å²) >= 11 is 0. The van der Waals surface area contributed by atoms with Crippen molar-refractivity contribution in [1.29, 1.82) is 0 Å². The quantitative estimate of drug-likeness (QED) is 0.237. The zero-order valence-corrected chi connectivity index (χ0v) is 17.3. The van der Waals surface area contributed by atoms with Crippen LogP contribution in [0.3, 0.4) is 0 Å². The number of likely N-dealkylation sites (tertiary alicyclic amines) is 1. The van der Waals surface area contributed by atoms with Gasteiger partial charge in [-0.3, -0.25) is 19.7 Å². The standard InChI is InChI=1S/C22H22N2O7/c1-4-10-23-19(13-8-9-16(30-2)17(12-13)31-3)18(21(26)22(23)27)20(25)14-6-5-7-15(11-14)24(28)29/h5-9,11-12,19,25H,4,10H2,1-3H3/b20-18+. The molecule has 1 heterocycles. The van der Waals surface area contributed by atoms with Gasteiger partial charge in [0.1, 0.15) is 5.76 Å². The van der Waals surface area contributed by atoms with Crippen LogP contribution in [0, 0.1) is 10.1 Å². The molecule has 1 N–H and O–H groups in total. The smallest absolute Gasteiger partial charge is 0.295 e. The molecule has 0 aromatic heterocycles. The third-order valence-electron chi connectivity index (χ3n) is 5.06. The van der Waals surface area contributed by atoms with E-state index in [-0.39, 0.29) is 23.4 Å². The maximum atomic E-state index is 12.9. The Bertz CT molecular complexity index is 1080. The number of hydrogen-bond acceptors (Lipinski definition) is 7. The summed E-state index contributed by atoms with van der Waals surface area (Å²) in [5.74, 6) is -1.19. The number of non-ortho nitro benzene ring substituents is 1. The number of amides is 1. The van der Waals surface area contributed by atoms with Crippen molar-refractivity contribution in [2.75, 3.05) is 20.8 Å². The van der Waals surface area contributed by atoms with Gasteiger partial charge < -0.3 is 19.5 Å². The molecule has 1 atom stereocenters. The number of carbonyl (C=O) groups is 2. The van der Waals surface area contributed by atoms with Crippen molar-refractivity contribution in [1.82, 2.24) is 4.90 Å². The van der Waals surface area contributed by atoms with Crippen LogP contribution in [0.2, 0.25) is 0 Å². The van der Waals surface area contributed by atoms with Gasteiger partial charge in [0.05, 0.1) is 30.8 Å². The lowest BCUT2D eigenvalue weighted by atomic mass is 9.94. The maximum absolute atomic E-state index is 12.9. The molecule has 2 aromatic rings. The Morgan fingerprint density at radius 2 is 1.84 bits per heavy atom. The number of benzene rings is 2. The van der Waals surface area contributed by atoms with E-state index in [9.17, 15) is 24.8 Å². The van der Waals surface area contributed by atoms with E-state index in [2.05, 4.69) is 0 Å². The highest BCUT2D eigenvalue weighted by Crippen LogP contribution is 2.42. The fourth-order valence-corrected chi connectivity index (χ4v) is 3.64. The molecule has 31 heavy (non-hydrogen) atoms. The lowest BCUT2D eigenvalue weighted by Gasteiger charge is -2.25. The normalized spacial score (nSPS) is 17.6. The SMILES string of the molecule is CCCN1C(=O)C(=O)/C(=C(/O)c2cccc([N+](=O)[O-])c2)C1c1ccc(OC)c(OC)c1. The number of nitrogens with zero attached hydrogens (tertiary/aromatic N) is 2. The Balaban J connectivity index is 2.22. The highest BCUT2D eigenvalue weighted by molar-refractivity contribution is 6.46. The van der Waals surface area contributed by atoms with Gasteiger partial charge in [-0.25, -0.2) is 0 Å². The van der Waals surface area contributed by atoms with Crippen LogP contribution in [0.5, 0.6) is 11.5 Å². The summed E-state index contributed by atoms with van der Waals surface area (Å²) in [5, 5.41) is 22.1. The minimum atomic E-state index is -0.876. The first-order valence-electron chi connectivity index (χ1n) is 9.59. The second-order valence-corrected chi connectivity index (χ2v) is 6.91. The lowest BCUT2D eigenvalue weighted by molar-refractivity contribution is -0.384. The number of carbonyl (C=O) groups excluding carboxylic acids is 2. The van der Waals surface area contributed by atoms with E-state index in [1.807, 2.05) is 6.92 Å². The Hall–Kier alpha value is -3.88. The molecule has 0 spiro atoms. The number of ketones is 1. The summed E-state index contributed by atoms with van der Waals surface area (Å²) in [5.41, 5.74) is 0.243. The number of Topliss-reactive ketones (excluding diaryl/α,β-unsaturated/α-hetero) is 1. The minimum absolute atomic E-state index is 0.0779. The van der Waals surface area contributed by atoms with Crippen LogP contribution in [0.15, 0.2) is 48.0 Å². The largest absolute Gasteiger partial charge is 0.507 e. The third kappa shape index (κ3) is 3.94. The first-order chi connectivity index (χ1) is 14.8. The fourth-order valence-electron chi connectivity index (χ4n) is 3.64. The summed E-state index contributed by atoms with van der Waals surface area (Å²) in [6.45, 7) is 2.15. The Morgan fingerprint density at radius 3 is 2.45 bits per heavy atom.